The number of aryl methyl sites for hydroxylation is 1. The van der Waals surface area contributed by atoms with Gasteiger partial charge in [-0.1, -0.05) is 45.4 Å². The molecule has 0 aromatic heterocycles. The third-order valence-corrected chi connectivity index (χ3v) is 3.07. The van der Waals surface area contributed by atoms with Crippen LogP contribution in [0.4, 0.5) is 0 Å². The third kappa shape index (κ3) is 6.63. The van der Waals surface area contributed by atoms with Gasteiger partial charge in [0.2, 0.25) is 0 Å². The standard InChI is InChI=1S/C17H29NO/c1-6-10-18-13-15-12-14(2)7-8-16(15)19-11-9-17(3,4)5/h7-8,12,18H,6,9-11,13H2,1-5H3. The van der Waals surface area contributed by atoms with E-state index in [-0.39, 0.29) is 0 Å². The second-order valence-corrected chi connectivity index (χ2v) is 6.45. The van der Waals surface area contributed by atoms with Gasteiger partial charge in [-0.25, -0.2) is 0 Å². The van der Waals surface area contributed by atoms with Crippen LogP contribution in [0.25, 0.3) is 0 Å². The Bertz CT molecular complexity index is 379. The Labute approximate surface area is 118 Å². The predicted octanol–water partition coefficient (Wildman–Crippen LogP) is 4.31. The first-order chi connectivity index (χ1) is 8.92. The minimum Gasteiger partial charge on any atom is -0.493 e. The van der Waals surface area contributed by atoms with E-state index in [4.69, 9.17) is 4.74 Å². The molecule has 1 rings (SSSR count). The van der Waals surface area contributed by atoms with Crippen LogP contribution in [0.15, 0.2) is 18.2 Å². The van der Waals surface area contributed by atoms with E-state index in [9.17, 15) is 0 Å². The van der Waals surface area contributed by atoms with E-state index in [1.54, 1.807) is 0 Å². The molecule has 0 heterocycles. The molecule has 0 aliphatic heterocycles. The van der Waals surface area contributed by atoms with Crippen molar-refractivity contribution in [1.82, 2.24) is 5.32 Å². The van der Waals surface area contributed by atoms with Gasteiger partial charge in [0.05, 0.1) is 6.61 Å². The van der Waals surface area contributed by atoms with Crippen LogP contribution in [0.3, 0.4) is 0 Å². The highest BCUT2D eigenvalue weighted by Crippen LogP contribution is 2.23. The summed E-state index contributed by atoms with van der Waals surface area (Å²) in [5, 5.41) is 3.45. The first-order valence-electron chi connectivity index (χ1n) is 7.35. The Kier molecular flexibility index (Phi) is 6.36. The molecule has 108 valence electrons. The molecule has 0 aliphatic rings. The van der Waals surface area contributed by atoms with Gasteiger partial charge in [-0.15, -0.1) is 0 Å². The van der Waals surface area contributed by atoms with Crippen LogP contribution < -0.4 is 10.1 Å². The van der Waals surface area contributed by atoms with Gasteiger partial charge in [-0.3, -0.25) is 0 Å². The maximum atomic E-state index is 5.96. The van der Waals surface area contributed by atoms with Gasteiger partial charge in [0.15, 0.2) is 0 Å². The summed E-state index contributed by atoms with van der Waals surface area (Å²) in [6, 6.07) is 6.44. The number of nitrogens with one attached hydrogen (secondary N) is 1. The van der Waals surface area contributed by atoms with Crippen molar-refractivity contribution in [2.24, 2.45) is 5.41 Å². The van der Waals surface area contributed by atoms with Crippen molar-refractivity contribution in [2.45, 2.75) is 54.0 Å². The van der Waals surface area contributed by atoms with Gasteiger partial charge in [-0.2, -0.15) is 0 Å². The normalized spacial score (nSPS) is 11.6. The third-order valence-electron chi connectivity index (χ3n) is 3.07. The zero-order valence-electron chi connectivity index (χ0n) is 13.2. The van der Waals surface area contributed by atoms with E-state index in [0.717, 1.165) is 38.3 Å². The molecule has 1 N–H and O–H groups in total. The summed E-state index contributed by atoms with van der Waals surface area (Å²) in [5.74, 6) is 1.03. The van der Waals surface area contributed by atoms with Crippen molar-refractivity contribution in [3.63, 3.8) is 0 Å². The molecular formula is C17H29NO. The summed E-state index contributed by atoms with van der Waals surface area (Å²) in [4.78, 5) is 0. The van der Waals surface area contributed by atoms with Crippen molar-refractivity contribution in [2.75, 3.05) is 13.2 Å². The van der Waals surface area contributed by atoms with E-state index in [1.807, 2.05) is 0 Å². The monoisotopic (exact) mass is 263 g/mol. The van der Waals surface area contributed by atoms with Gasteiger partial charge in [0.1, 0.15) is 5.75 Å². The molecule has 0 fully saturated rings. The summed E-state index contributed by atoms with van der Waals surface area (Å²) in [6.07, 6.45) is 2.23. The SMILES string of the molecule is CCCNCc1cc(C)ccc1OCCC(C)(C)C. The maximum absolute atomic E-state index is 5.96. The number of benzene rings is 1. The van der Waals surface area contributed by atoms with E-state index in [2.05, 4.69) is 58.1 Å². The second-order valence-electron chi connectivity index (χ2n) is 6.45. The highest BCUT2D eigenvalue weighted by molar-refractivity contribution is 5.36. The van der Waals surface area contributed by atoms with Crippen molar-refractivity contribution >= 4 is 0 Å². The van der Waals surface area contributed by atoms with Gasteiger partial charge >= 0.3 is 0 Å². The Morgan fingerprint density at radius 1 is 1.21 bits per heavy atom. The minimum absolute atomic E-state index is 0.325. The topological polar surface area (TPSA) is 21.3 Å². The summed E-state index contributed by atoms with van der Waals surface area (Å²) in [7, 11) is 0. The fraction of sp³-hybridized carbons (Fsp3) is 0.647. The Balaban J connectivity index is 2.60. The Hall–Kier alpha value is -1.02. The Morgan fingerprint density at radius 3 is 2.58 bits per heavy atom. The smallest absolute Gasteiger partial charge is 0.123 e. The van der Waals surface area contributed by atoms with Gasteiger partial charge < -0.3 is 10.1 Å². The lowest BCUT2D eigenvalue weighted by molar-refractivity contribution is 0.241. The fourth-order valence-electron chi connectivity index (χ4n) is 1.85. The Morgan fingerprint density at radius 2 is 1.95 bits per heavy atom. The summed E-state index contributed by atoms with van der Waals surface area (Å²) in [6.45, 7) is 13.8. The molecule has 2 heteroatoms. The molecule has 2 nitrogen and oxygen atoms in total. The van der Waals surface area contributed by atoms with E-state index >= 15 is 0 Å². The lowest BCUT2D eigenvalue weighted by atomic mass is 9.93. The average Bonchev–Trinajstić information content (AvgIpc) is 2.30. The zero-order chi connectivity index (χ0) is 14.3. The first kappa shape index (κ1) is 16.0. The van der Waals surface area contributed by atoms with Gasteiger partial charge in [0, 0.05) is 12.1 Å². The van der Waals surface area contributed by atoms with Gasteiger partial charge in [0.25, 0.3) is 0 Å². The van der Waals surface area contributed by atoms with Crippen LogP contribution >= 0.6 is 0 Å². The van der Waals surface area contributed by atoms with Crippen LogP contribution in [-0.4, -0.2) is 13.2 Å². The molecule has 1 aromatic rings. The lowest BCUT2D eigenvalue weighted by Gasteiger charge is -2.19. The quantitative estimate of drug-likeness (QED) is 0.740. The number of hydrogen-bond acceptors (Lipinski definition) is 2. The molecule has 0 amide bonds. The number of rotatable bonds is 7. The predicted molar refractivity (Wildman–Crippen MR) is 82.7 cm³/mol. The molecular weight excluding hydrogens is 234 g/mol. The lowest BCUT2D eigenvalue weighted by Crippen LogP contribution is -2.16. The molecule has 0 atom stereocenters. The van der Waals surface area contributed by atoms with Crippen molar-refractivity contribution in [3.8, 4) is 5.75 Å². The summed E-state index contributed by atoms with van der Waals surface area (Å²) < 4.78 is 5.96. The van der Waals surface area contributed by atoms with E-state index in [1.165, 1.54) is 11.1 Å². The molecule has 0 spiro atoms. The molecule has 0 unspecified atom stereocenters. The minimum atomic E-state index is 0.325. The average molecular weight is 263 g/mol. The molecule has 19 heavy (non-hydrogen) atoms. The number of hydrogen-bond donors (Lipinski definition) is 1. The van der Waals surface area contributed by atoms with E-state index < -0.39 is 0 Å². The largest absolute Gasteiger partial charge is 0.493 e. The molecule has 0 aliphatic carbocycles. The van der Waals surface area contributed by atoms with Crippen molar-refractivity contribution in [3.05, 3.63) is 29.3 Å². The summed E-state index contributed by atoms with van der Waals surface area (Å²) in [5.41, 5.74) is 2.88. The van der Waals surface area contributed by atoms with Crippen LogP contribution in [0.5, 0.6) is 5.75 Å². The highest BCUT2D eigenvalue weighted by Gasteiger charge is 2.11. The fourth-order valence-corrected chi connectivity index (χ4v) is 1.85. The number of ether oxygens (including phenoxy) is 1. The highest BCUT2D eigenvalue weighted by atomic mass is 16.5. The van der Waals surface area contributed by atoms with Gasteiger partial charge in [-0.05, 0) is 37.8 Å². The molecule has 0 bridgehead atoms. The molecule has 1 aromatic carbocycles. The van der Waals surface area contributed by atoms with Crippen LogP contribution in [0, 0.1) is 12.3 Å². The van der Waals surface area contributed by atoms with Crippen LogP contribution in [-0.2, 0) is 6.54 Å². The van der Waals surface area contributed by atoms with Crippen LogP contribution in [0.1, 0.15) is 51.7 Å². The summed E-state index contributed by atoms with van der Waals surface area (Å²) >= 11 is 0. The second kappa shape index (κ2) is 7.54. The molecule has 0 saturated heterocycles. The molecule has 0 radical (unpaired) electrons. The first-order valence-corrected chi connectivity index (χ1v) is 7.35. The van der Waals surface area contributed by atoms with Crippen LogP contribution in [0.2, 0.25) is 0 Å². The van der Waals surface area contributed by atoms with Crippen molar-refractivity contribution in [1.29, 1.82) is 0 Å². The maximum Gasteiger partial charge on any atom is 0.123 e. The van der Waals surface area contributed by atoms with Crippen molar-refractivity contribution < 1.29 is 4.74 Å². The van der Waals surface area contributed by atoms with E-state index in [0.29, 0.717) is 5.41 Å². The molecule has 0 saturated carbocycles. The zero-order valence-corrected chi connectivity index (χ0v) is 13.2.